The molecule has 2 N–H and O–H groups in total. The molecule has 1 unspecified atom stereocenters. The quantitative estimate of drug-likeness (QED) is 0.795. The lowest BCUT2D eigenvalue weighted by Gasteiger charge is -2.30. The second-order valence-electron chi connectivity index (χ2n) is 5.73. The van der Waals surface area contributed by atoms with Crippen molar-refractivity contribution in [1.82, 2.24) is 4.90 Å². The van der Waals surface area contributed by atoms with E-state index in [1.807, 2.05) is 0 Å². The van der Waals surface area contributed by atoms with Gasteiger partial charge in [0.15, 0.2) is 0 Å². The van der Waals surface area contributed by atoms with Crippen LogP contribution >= 0.6 is 0 Å². The highest BCUT2D eigenvalue weighted by Crippen LogP contribution is 2.21. The van der Waals surface area contributed by atoms with Gasteiger partial charge < -0.3 is 5.73 Å². The molecular weight excluding hydrogens is 232 g/mol. The smallest absolute Gasteiger partial charge is 0.0239 e. The zero-order valence-corrected chi connectivity index (χ0v) is 12.3. The molecule has 0 aliphatic carbocycles. The Kier molecular flexibility index (Phi) is 5.87. The molecule has 0 amide bonds. The number of unbranched alkanes of at least 4 members (excludes halogenated alkanes) is 2. The molecule has 1 aliphatic heterocycles. The molecule has 0 aromatic heterocycles. The Labute approximate surface area is 118 Å². The van der Waals surface area contributed by atoms with Crippen LogP contribution < -0.4 is 5.73 Å². The number of nitrogens with zero attached hydrogens (tertiary/aromatic N) is 1. The van der Waals surface area contributed by atoms with Crippen molar-refractivity contribution in [3.8, 4) is 0 Å². The molecule has 0 saturated heterocycles. The summed E-state index contributed by atoms with van der Waals surface area (Å²) in [6.07, 6.45) is 7.68. The van der Waals surface area contributed by atoms with E-state index >= 15 is 0 Å². The number of benzene rings is 1. The third-order valence-corrected chi connectivity index (χ3v) is 4.31. The van der Waals surface area contributed by atoms with Crippen molar-refractivity contribution in [2.24, 2.45) is 5.73 Å². The first-order valence-corrected chi connectivity index (χ1v) is 7.86. The Bertz CT molecular complexity index is 375. The minimum absolute atomic E-state index is 0.567. The monoisotopic (exact) mass is 260 g/mol. The molecule has 106 valence electrons. The van der Waals surface area contributed by atoms with E-state index in [1.165, 1.54) is 56.2 Å². The largest absolute Gasteiger partial charge is 0.329 e. The van der Waals surface area contributed by atoms with Gasteiger partial charge in [0.2, 0.25) is 0 Å². The maximum Gasteiger partial charge on any atom is 0.0239 e. The number of nitrogens with two attached hydrogens (primary N) is 1. The first-order chi connectivity index (χ1) is 9.35. The third-order valence-electron chi connectivity index (χ3n) is 4.31. The van der Waals surface area contributed by atoms with Gasteiger partial charge in [0.1, 0.15) is 0 Å². The average Bonchev–Trinajstić information content (AvgIpc) is 2.66. The minimum Gasteiger partial charge on any atom is -0.329 e. The van der Waals surface area contributed by atoms with E-state index in [0.29, 0.717) is 6.04 Å². The molecule has 0 spiro atoms. The fourth-order valence-electron chi connectivity index (χ4n) is 3.12. The maximum atomic E-state index is 6.02. The van der Waals surface area contributed by atoms with Crippen molar-refractivity contribution in [2.45, 2.75) is 58.0 Å². The number of fused-ring (bicyclic) bond motifs is 1. The number of rotatable bonds is 6. The lowest BCUT2D eigenvalue weighted by molar-refractivity contribution is 0.182. The van der Waals surface area contributed by atoms with Crippen molar-refractivity contribution in [1.29, 1.82) is 0 Å². The third kappa shape index (κ3) is 4.05. The van der Waals surface area contributed by atoms with E-state index in [-0.39, 0.29) is 0 Å². The summed E-state index contributed by atoms with van der Waals surface area (Å²) in [4.78, 5) is 2.61. The summed E-state index contributed by atoms with van der Waals surface area (Å²) in [7, 11) is 0. The predicted octanol–water partition coefficient (Wildman–Crippen LogP) is 3.34. The van der Waals surface area contributed by atoms with E-state index in [0.717, 1.165) is 13.1 Å². The van der Waals surface area contributed by atoms with Crippen LogP contribution in [0.4, 0.5) is 0 Å². The summed E-state index contributed by atoms with van der Waals surface area (Å²) >= 11 is 0. The van der Waals surface area contributed by atoms with Crippen LogP contribution in [0.3, 0.4) is 0 Å². The van der Waals surface area contributed by atoms with E-state index < -0.39 is 0 Å². The van der Waals surface area contributed by atoms with Gasteiger partial charge >= 0.3 is 0 Å². The first kappa shape index (κ1) is 14.5. The van der Waals surface area contributed by atoms with Gasteiger partial charge in [-0.3, -0.25) is 4.90 Å². The maximum absolute atomic E-state index is 6.02. The lowest BCUT2D eigenvalue weighted by atomic mass is 10.0. The predicted molar refractivity (Wildman–Crippen MR) is 82.2 cm³/mol. The Balaban J connectivity index is 1.99. The fourth-order valence-corrected chi connectivity index (χ4v) is 3.12. The van der Waals surface area contributed by atoms with Gasteiger partial charge in [0, 0.05) is 19.1 Å². The van der Waals surface area contributed by atoms with Gasteiger partial charge in [-0.1, -0.05) is 50.5 Å². The summed E-state index contributed by atoms with van der Waals surface area (Å²) in [5.41, 5.74) is 9.06. The molecule has 1 aromatic carbocycles. The molecule has 1 atom stereocenters. The Hall–Kier alpha value is -0.860. The van der Waals surface area contributed by atoms with Gasteiger partial charge in [0.05, 0.1) is 0 Å². The highest BCUT2D eigenvalue weighted by atomic mass is 15.2. The van der Waals surface area contributed by atoms with Crippen molar-refractivity contribution in [2.75, 3.05) is 13.1 Å². The first-order valence-electron chi connectivity index (χ1n) is 7.86. The van der Waals surface area contributed by atoms with Crippen LogP contribution in [-0.2, 0) is 13.0 Å². The van der Waals surface area contributed by atoms with Gasteiger partial charge in [-0.25, -0.2) is 0 Å². The Morgan fingerprint density at radius 3 is 2.74 bits per heavy atom. The second kappa shape index (κ2) is 7.66. The molecule has 0 fully saturated rings. The molecule has 2 rings (SSSR count). The van der Waals surface area contributed by atoms with Crippen LogP contribution in [0.25, 0.3) is 0 Å². The lowest BCUT2D eigenvalue weighted by Crippen LogP contribution is -2.40. The zero-order chi connectivity index (χ0) is 13.5. The topological polar surface area (TPSA) is 29.3 Å². The highest BCUT2D eigenvalue weighted by molar-refractivity contribution is 5.28. The molecular formula is C17H28N2. The molecule has 1 heterocycles. The van der Waals surface area contributed by atoms with Crippen LogP contribution in [0.1, 0.15) is 50.2 Å². The fraction of sp³-hybridized carbons (Fsp3) is 0.647. The zero-order valence-electron chi connectivity index (χ0n) is 12.3. The van der Waals surface area contributed by atoms with Crippen LogP contribution in [0.5, 0.6) is 0 Å². The van der Waals surface area contributed by atoms with Crippen LogP contribution in [-0.4, -0.2) is 24.0 Å². The SMILES string of the molecule is CCCCCC(CN)N1CCCc2ccccc2C1. The second-order valence-corrected chi connectivity index (χ2v) is 5.73. The van der Waals surface area contributed by atoms with Gasteiger partial charge in [-0.2, -0.15) is 0 Å². The van der Waals surface area contributed by atoms with Crippen molar-refractivity contribution in [3.63, 3.8) is 0 Å². The van der Waals surface area contributed by atoms with Crippen molar-refractivity contribution >= 4 is 0 Å². The van der Waals surface area contributed by atoms with E-state index in [4.69, 9.17) is 5.73 Å². The molecule has 0 radical (unpaired) electrons. The summed E-state index contributed by atoms with van der Waals surface area (Å²) in [6, 6.07) is 9.46. The Morgan fingerprint density at radius 2 is 2.00 bits per heavy atom. The molecule has 2 nitrogen and oxygen atoms in total. The standard InChI is InChI=1S/C17H28N2/c1-2-3-4-11-17(13-18)19-12-7-10-15-8-5-6-9-16(15)14-19/h5-6,8-9,17H,2-4,7,10-14,18H2,1H3. The van der Waals surface area contributed by atoms with E-state index in [9.17, 15) is 0 Å². The van der Waals surface area contributed by atoms with Crippen LogP contribution in [0.15, 0.2) is 24.3 Å². The number of hydrogen-bond donors (Lipinski definition) is 1. The van der Waals surface area contributed by atoms with Crippen LogP contribution in [0.2, 0.25) is 0 Å². The van der Waals surface area contributed by atoms with Gasteiger partial charge in [-0.05, 0) is 36.9 Å². The van der Waals surface area contributed by atoms with Gasteiger partial charge in [-0.15, -0.1) is 0 Å². The molecule has 1 aliphatic rings. The molecule has 1 aromatic rings. The molecule has 19 heavy (non-hydrogen) atoms. The minimum atomic E-state index is 0.567. The summed E-state index contributed by atoms with van der Waals surface area (Å²) in [5, 5.41) is 0. The molecule has 0 bridgehead atoms. The van der Waals surface area contributed by atoms with Crippen LogP contribution in [0, 0.1) is 0 Å². The highest BCUT2D eigenvalue weighted by Gasteiger charge is 2.20. The van der Waals surface area contributed by atoms with E-state index in [2.05, 4.69) is 36.1 Å². The van der Waals surface area contributed by atoms with Gasteiger partial charge in [0.25, 0.3) is 0 Å². The summed E-state index contributed by atoms with van der Waals surface area (Å²) in [5.74, 6) is 0. The number of aryl methyl sites for hydroxylation is 1. The Morgan fingerprint density at radius 1 is 1.21 bits per heavy atom. The van der Waals surface area contributed by atoms with Crippen molar-refractivity contribution < 1.29 is 0 Å². The number of hydrogen-bond acceptors (Lipinski definition) is 2. The average molecular weight is 260 g/mol. The van der Waals surface area contributed by atoms with Crippen molar-refractivity contribution in [3.05, 3.63) is 35.4 Å². The van der Waals surface area contributed by atoms with E-state index in [1.54, 1.807) is 0 Å². The molecule has 2 heteroatoms. The molecule has 0 saturated carbocycles. The summed E-state index contributed by atoms with van der Waals surface area (Å²) < 4.78 is 0. The summed E-state index contributed by atoms with van der Waals surface area (Å²) in [6.45, 7) is 5.35. The normalized spacial score (nSPS) is 17.8.